The minimum Gasteiger partial charge on any atom is -0.491 e. The predicted molar refractivity (Wildman–Crippen MR) is 106 cm³/mol. The second kappa shape index (κ2) is 9.01. The Balaban J connectivity index is 1.90. The Morgan fingerprint density at radius 1 is 1.00 bits per heavy atom. The molecule has 0 fully saturated rings. The second-order valence-electron chi connectivity index (χ2n) is 6.33. The fourth-order valence-corrected chi connectivity index (χ4v) is 3.66. The van der Waals surface area contributed by atoms with E-state index >= 15 is 0 Å². The standard InChI is InChI=1S/C20H26N2O4S/c1-5-22-27(24,25)18-8-9-19(16(4)13-18)26-11-10-21-20(23)17-7-6-14(2)15(3)12-17/h6-9,12-13,22H,5,10-11H2,1-4H3,(H,21,23). The number of carbonyl (C=O) groups is 1. The minimum atomic E-state index is -3.49. The van der Waals surface area contributed by atoms with Crippen molar-refractivity contribution < 1.29 is 17.9 Å². The van der Waals surface area contributed by atoms with Crippen LogP contribution in [0.25, 0.3) is 0 Å². The van der Waals surface area contributed by atoms with Crippen molar-refractivity contribution in [2.75, 3.05) is 19.7 Å². The maximum absolute atomic E-state index is 12.2. The maximum atomic E-state index is 12.2. The van der Waals surface area contributed by atoms with Gasteiger partial charge in [0.25, 0.3) is 5.91 Å². The van der Waals surface area contributed by atoms with Crippen LogP contribution < -0.4 is 14.8 Å². The Morgan fingerprint density at radius 3 is 2.37 bits per heavy atom. The highest BCUT2D eigenvalue weighted by Gasteiger charge is 2.14. The Hall–Kier alpha value is -2.38. The lowest BCUT2D eigenvalue weighted by molar-refractivity contribution is 0.0947. The van der Waals surface area contributed by atoms with Gasteiger partial charge < -0.3 is 10.1 Å². The first-order valence-corrected chi connectivity index (χ1v) is 10.3. The van der Waals surface area contributed by atoms with E-state index in [1.54, 1.807) is 32.0 Å². The lowest BCUT2D eigenvalue weighted by Gasteiger charge is -2.12. The molecule has 2 aromatic rings. The molecule has 1 amide bonds. The van der Waals surface area contributed by atoms with Gasteiger partial charge in [0.15, 0.2) is 0 Å². The summed E-state index contributed by atoms with van der Waals surface area (Å²) in [6, 6.07) is 10.3. The molecule has 0 spiro atoms. The molecule has 2 rings (SSSR count). The van der Waals surface area contributed by atoms with Crippen LogP contribution in [0, 0.1) is 20.8 Å². The summed E-state index contributed by atoms with van der Waals surface area (Å²) < 4.78 is 32.1. The van der Waals surface area contributed by atoms with Gasteiger partial charge in [-0.3, -0.25) is 4.79 Å². The smallest absolute Gasteiger partial charge is 0.251 e. The zero-order valence-electron chi connectivity index (χ0n) is 16.1. The van der Waals surface area contributed by atoms with Crippen molar-refractivity contribution in [3.8, 4) is 5.75 Å². The van der Waals surface area contributed by atoms with Gasteiger partial charge in [0.1, 0.15) is 12.4 Å². The molecule has 0 atom stereocenters. The lowest BCUT2D eigenvalue weighted by atomic mass is 10.1. The Bertz CT molecular complexity index is 924. The summed E-state index contributed by atoms with van der Waals surface area (Å²) in [6.07, 6.45) is 0. The molecule has 27 heavy (non-hydrogen) atoms. The molecule has 7 heteroatoms. The molecule has 6 nitrogen and oxygen atoms in total. The maximum Gasteiger partial charge on any atom is 0.251 e. The molecule has 0 aliphatic rings. The van der Waals surface area contributed by atoms with E-state index in [1.807, 2.05) is 26.0 Å². The first-order valence-electron chi connectivity index (χ1n) is 8.83. The van der Waals surface area contributed by atoms with Crippen LogP contribution in [0.1, 0.15) is 34.0 Å². The number of benzene rings is 2. The number of nitrogens with one attached hydrogen (secondary N) is 2. The minimum absolute atomic E-state index is 0.148. The van der Waals surface area contributed by atoms with Crippen molar-refractivity contribution in [1.29, 1.82) is 0 Å². The van der Waals surface area contributed by atoms with Gasteiger partial charge in [0.05, 0.1) is 11.4 Å². The van der Waals surface area contributed by atoms with Crippen molar-refractivity contribution in [1.82, 2.24) is 10.0 Å². The molecule has 2 N–H and O–H groups in total. The summed E-state index contributed by atoms with van der Waals surface area (Å²) in [5.41, 5.74) is 3.55. The van der Waals surface area contributed by atoms with E-state index in [9.17, 15) is 13.2 Å². The van der Waals surface area contributed by atoms with Crippen LogP contribution in [0.4, 0.5) is 0 Å². The molecule has 146 valence electrons. The van der Waals surface area contributed by atoms with Gasteiger partial charge in [0.2, 0.25) is 10.0 Å². The van der Waals surface area contributed by atoms with Gasteiger partial charge in [-0.25, -0.2) is 13.1 Å². The lowest BCUT2D eigenvalue weighted by Crippen LogP contribution is -2.28. The van der Waals surface area contributed by atoms with E-state index in [2.05, 4.69) is 10.0 Å². The van der Waals surface area contributed by atoms with E-state index in [0.717, 1.165) is 16.7 Å². The molecule has 0 aliphatic carbocycles. The highest BCUT2D eigenvalue weighted by Crippen LogP contribution is 2.21. The summed E-state index contributed by atoms with van der Waals surface area (Å²) in [7, 11) is -3.49. The number of amides is 1. The molecule has 0 aliphatic heterocycles. The van der Waals surface area contributed by atoms with E-state index < -0.39 is 10.0 Å². The fourth-order valence-electron chi connectivity index (χ4n) is 2.53. The van der Waals surface area contributed by atoms with Gasteiger partial charge in [-0.15, -0.1) is 0 Å². The van der Waals surface area contributed by atoms with E-state index in [-0.39, 0.29) is 17.4 Å². The molecule has 0 heterocycles. The molecule has 0 unspecified atom stereocenters. The number of aryl methyl sites for hydroxylation is 3. The average molecular weight is 391 g/mol. The van der Waals surface area contributed by atoms with Crippen LogP contribution in [-0.4, -0.2) is 34.0 Å². The summed E-state index contributed by atoms with van der Waals surface area (Å²) in [4.78, 5) is 12.4. The van der Waals surface area contributed by atoms with Crippen LogP contribution in [-0.2, 0) is 10.0 Å². The van der Waals surface area contributed by atoms with Crippen molar-refractivity contribution in [2.24, 2.45) is 0 Å². The summed E-state index contributed by atoms with van der Waals surface area (Å²) >= 11 is 0. The quantitative estimate of drug-likeness (QED) is 0.679. The number of hydrogen-bond donors (Lipinski definition) is 2. The topological polar surface area (TPSA) is 84.5 Å². The Morgan fingerprint density at radius 2 is 1.74 bits per heavy atom. The molecular formula is C20H26N2O4S. The highest BCUT2D eigenvalue weighted by atomic mass is 32.2. The van der Waals surface area contributed by atoms with Gasteiger partial charge in [0, 0.05) is 12.1 Å². The first kappa shape index (κ1) is 20.9. The normalized spacial score (nSPS) is 11.3. The zero-order valence-corrected chi connectivity index (χ0v) is 16.9. The number of carbonyl (C=O) groups excluding carboxylic acids is 1. The third kappa shape index (κ3) is 5.55. The van der Waals surface area contributed by atoms with Crippen molar-refractivity contribution in [3.63, 3.8) is 0 Å². The Kier molecular flexibility index (Phi) is 6.98. The number of ether oxygens (including phenoxy) is 1. The van der Waals surface area contributed by atoms with E-state index in [1.165, 1.54) is 6.07 Å². The fraction of sp³-hybridized carbons (Fsp3) is 0.350. The van der Waals surface area contributed by atoms with Crippen molar-refractivity contribution in [3.05, 3.63) is 58.7 Å². The van der Waals surface area contributed by atoms with Gasteiger partial charge in [-0.1, -0.05) is 13.0 Å². The third-order valence-corrected chi connectivity index (χ3v) is 5.75. The van der Waals surface area contributed by atoms with Crippen molar-refractivity contribution >= 4 is 15.9 Å². The number of hydrogen-bond acceptors (Lipinski definition) is 4. The van der Waals surface area contributed by atoms with Crippen LogP contribution >= 0.6 is 0 Å². The monoisotopic (exact) mass is 390 g/mol. The predicted octanol–water partition coefficient (Wildman–Crippen LogP) is 2.72. The molecule has 0 bridgehead atoms. The SMILES string of the molecule is CCNS(=O)(=O)c1ccc(OCCNC(=O)c2ccc(C)c(C)c2)c(C)c1. The van der Waals surface area contributed by atoms with Crippen LogP contribution in [0.5, 0.6) is 5.75 Å². The summed E-state index contributed by atoms with van der Waals surface area (Å²) in [6.45, 7) is 8.46. The molecule has 0 radical (unpaired) electrons. The first-order chi connectivity index (χ1) is 12.7. The highest BCUT2D eigenvalue weighted by molar-refractivity contribution is 7.89. The zero-order chi connectivity index (χ0) is 20.0. The second-order valence-corrected chi connectivity index (χ2v) is 8.10. The Labute approximate surface area is 161 Å². The molecule has 0 saturated carbocycles. The van der Waals surface area contributed by atoms with Crippen LogP contribution in [0.15, 0.2) is 41.3 Å². The molecule has 0 aromatic heterocycles. The van der Waals surface area contributed by atoms with Gasteiger partial charge in [-0.05, 0) is 67.8 Å². The third-order valence-electron chi connectivity index (χ3n) is 4.21. The molecule has 2 aromatic carbocycles. The van der Waals surface area contributed by atoms with Gasteiger partial charge >= 0.3 is 0 Å². The summed E-state index contributed by atoms with van der Waals surface area (Å²) in [5, 5.41) is 2.82. The van der Waals surface area contributed by atoms with Crippen LogP contribution in [0.2, 0.25) is 0 Å². The molecule has 0 saturated heterocycles. The van der Waals surface area contributed by atoms with Crippen molar-refractivity contribution in [2.45, 2.75) is 32.6 Å². The summed E-state index contributed by atoms with van der Waals surface area (Å²) in [5.74, 6) is 0.441. The largest absolute Gasteiger partial charge is 0.491 e. The average Bonchev–Trinajstić information content (AvgIpc) is 2.61. The number of rotatable bonds is 8. The van der Waals surface area contributed by atoms with Gasteiger partial charge in [-0.2, -0.15) is 0 Å². The van der Waals surface area contributed by atoms with E-state index in [4.69, 9.17) is 4.74 Å². The molecular weight excluding hydrogens is 364 g/mol. The number of sulfonamides is 1. The van der Waals surface area contributed by atoms with Crippen LogP contribution in [0.3, 0.4) is 0 Å². The van der Waals surface area contributed by atoms with E-state index in [0.29, 0.717) is 24.4 Å².